The van der Waals surface area contributed by atoms with Crippen LogP contribution in [0, 0.1) is 0 Å². The Labute approximate surface area is 178 Å². The third-order valence-corrected chi connectivity index (χ3v) is 7.82. The molecule has 0 saturated carbocycles. The predicted molar refractivity (Wildman–Crippen MR) is 120 cm³/mol. The highest BCUT2D eigenvalue weighted by molar-refractivity contribution is 7.99. The zero-order valence-electron chi connectivity index (χ0n) is 16.4. The molecule has 2 aromatic heterocycles. The summed E-state index contributed by atoms with van der Waals surface area (Å²) in [5, 5.41) is 1.66. The van der Waals surface area contributed by atoms with Crippen LogP contribution in [0.25, 0.3) is 15.9 Å². The topological polar surface area (TPSA) is 47.4 Å². The van der Waals surface area contributed by atoms with E-state index in [0.29, 0.717) is 0 Å². The van der Waals surface area contributed by atoms with Crippen molar-refractivity contribution in [3.63, 3.8) is 0 Å². The third-order valence-electron chi connectivity index (χ3n) is 5.71. The SMILES string of the molecule is O=c1c2c3c(sc2nc(SCCN2CCOCC2)n1-c1ccccc1)CCCC3. The molecular weight excluding hydrogens is 402 g/mol. The molecule has 0 atom stereocenters. The van der Waals surface area contributed by atoms with E-state index in [1.807, 2.05) is 34.9 Å². The quantitative estimate of drug-likeness (QED) is 0.458. The van der Waals surface area contributed by atoms with Gasteiger partial charge in [-0.1, -0.05) is 30.0 Å². The van der Waals surface area contributed by atoms with E-state index in [4.69, 9.17) is 9.72 Å². The van der Waals surface area contributed by atoms with Crippen LogP contribution in [0.15, 0.2) is 40.3 Å². The van der Waals surface area contributed by atoms with E-state index >= 15 is 0 Å². The van der Waals surface area contributed by atoms with Crippen LogP contribution in [-0.4, -0.2) is 53.1 Å². The van der Waals surface area contributed by atoms with Crippen molar-refractivity contribution in [1.29, 1.82) is 0 Å². The molecule has 1 aromatic carbocycles. The Hall–Kier alpha value is -1.67. The summed E-state index contributed by atoms with van der Waals surface area (Å²) < 4.78 is 7.27. The van der Waals surface area contributed by atoms with Gasteiger partial charge in [-0.05, 0) is 43.4 Å². The number of thiophene rings is 1. The Kier molecular flexibility index (Phi) is 5.72. The molecule has 0 radical (unpaired) electrons. The molecule has 0 bridgehead atoms. The van der Waals surface area contributed by atoms with Gasteiger partial charge in [0.1, 0.15) is 4.83 Å². The maximum Gasteiger partial charge on any atom is 0.267 e. The monoisotopic (exact) mass is 427 g/mol. The van der Waals surface area contributed by atoms with Gasteiger partial charge in [0.25, 0.3) is 5.56 Å². The van der Waals surface area contributed by atoms with Gasteiger partial charge in [-0.15, -0.1) is 11.3 Å². The van der Waals surface area contributed by atoms with Gasteiger partial charge in [-0.3, -0.25) is 14.3 Å². The van der Waals surface area contributed by atoms with Crippen LogP contribution in [0.3, 0.4) is 0 Å². The van der Waals surface area contributed by atoms with Gasteiger partial charge >= 0.3 is 0 Å². The molecule has 1 fully saturated rings. The third kappa shape index (κ3) is 3.89. The first kappa shape index (κ1) is 19.3. The average Bonchev–Trinajstić information content (AvgIpc) is 3.14. The van der Waals surface area contributed by atoms with Gasteiger partial charge in [0, 0.05) is 30.3 Å². The summed E-state index contributed by atoms with van der Waals surface area (Å²) in [7, 11) is 0. The van der Waals surface area contributed by atoms with Crippen LogP contribution in [0.4, 0.5) is 0 Å². The number of fused-ring (bicyclic) bond motifs is 3. The van der Waals surface area contributed by atoms with E-state index in [9.17, 15) is 4.79 Å². The number of thioether (sulfide) groups is 1. The van der Waals surface area contributed by atoms with Crippen LogP contribution in [0.2, 0.25) is 0 Å². The minimum atomic E-state index is 0.0921. The van der Waals surface area contributed by atoms with E-state index in [1.54, 1.807) is 23.1 Å². The van der Waals surface area contributed by atoms with Gasteiger partial charge < -0.3 is 4.74 Å². The molecule has 0 N–H and O–H groups in total. The molecule has 3 aromatic rings. The number of aryl methyl sites for hydroxylation is 2. The summed E-state index contributed by atoms with van der Waals surface area (Å²) in [6, 6.07) is 9.95. The lowest BCUT2D eigenvalue weighted by atomic mass is 9.97. The summed E-state index contributed by atoms with van der Waals surface area (Å²) in [5.41, 5.74) is 2.24. The summed E-state index contributed by atoms with van der Waals surface area (Å²) in [5.74, 6) is 0.913. The molecule has 5 nitrogen and oxygen atoms in total. The molecule has 1 aliphatic heterocycles. The number of para-hydroxylation sites is 1. The zero-order chi connectivity index (χ0) is 19.6. The Balaban J connectivity index is 1.53. The summed E-state index contributed by atoms with van der Waals surface area (Å²) in [6.45, 7) is 4.57. The van der Waals surface area contributed by atoms with Crippen LogP contribution in [0.5, 0.6) is 0 Å². The number of rotatable bonds is 5. The number of benzene rings is 1. The smallest absolute Gasteiger partial charge is 0.267 e. The van der Waals surface area contributed by atoms with Gasteiger partial charge in [-0.25, -0.2) is 4.98 Å². The minimum absolute atomic E-state index is 0.0921. The average molecular weight is 428 g/mol. The molecule has 7 heteroatoms. The van der Waals surface area contributed by atoms with Crippen molar-refractivity contribution in [3.8, 4) is 5.69 Å². The molecule has 29 heavy (non-hydrogen) atoms. The molecule has 2 aliphatic rings. The fourth-order valence-electron chi connectivity index (χ4n) is 4.18. The van der Waals surface area contributed by atoms with Crippen LogP contribution >= 0.6 is 23.1 Å². The molecule has 0 amide bonds. The Morgan fingerprint density at radius 3 is 2.72 bits per heavy atom. The number of hydrogen-bond acceptors (Lipinski definition) is 6. The highest BCUT2D eigenvalue weighted by Gasteiger charge is 2.23. The first-order valence-electron chi connectivity index (χ1n) is 10.4. The Morgan fingerprint density at radius 1 is 1.10 bits per heavy atom. The van der Waals surface area contributed by atoms with Gasteiger partial charge in [0.05, 0.1) is 24.3 Å². The van der Waals surface area contributed by atoms with Gasteiger partial charge in [0.15, 0.2) is 5.16 Å². The van der Waals surface area contributed by atoms with E-state index in [1.165, 1.54) is 23.3 Å². The predicted octanol–water partition coefficient (Wildman–Crippen LogP) is 3.75. The van der Waals surface area contributed by atoms with Crippen molar-refractivity contribution >= 4 is 33.3 Å². The molecule has 1 saturated heterocycles. The van der Waals surface area contributed by atoms with Crippen molar-refractivity contribution in [2.75, 3.05) is 38.6 Å². The molecule has 3 heterocycles. The standard InChI is InChI=1S/C22H25N3O2S2/c26-21-19-17-8-4-5-9-18(17)29-20(19)23-22(25(21)16-6-2-1-3-7-16)28-15-12-24-10-13-27-14-11-24/h1-3,6-7H,4-5,8-15H2. The lowest BCUT2D eigenvalue weighted by Crippen LogP contribution is -2.37. The molecule has 0 unspecified atom stereocenters. The Bertz CT molecular complexity index is 1060. The largest absolute Gasteiger partial charge is 0.379 e. The fraction of sp³-hybridized carbons (Fsp3) is 0.455. The number of aromatic nitrogens is 2. The molecule has 0 spiro atoms. The van der Waals surface area contributed by atoms with Crippen LogP contribution in [-0.2, 0) is 17.6 Å². The molecule has 1 aliphatic carbocycles. The number of nitrogens with zero attached hydrogens (tertiary/aromatic N) is 3. The second kappa shape index (κ2) is 8.60. The minimum Gasteiger partial charge on any atom is -0.379 e. The lowest BCUT2D eigenvalue weighted by molar-refractivity contribution is 0.0410. The van der Waals surface area contributed by atoms with Gasteiger partial charge in [-0.2, -0.15) is 0 Å². The summed E-state index contributed by atoms with van der Waals surface area (Å²) >= 11 is 3.42. The number of ether oxygens (including phenoxy) is 1. The van der Waals surface area contributed by atoms with E-state index in [0.717, 1.165) is 72.5 Å². The molecule has 5 rings (SSSR count). The maximum absolute atomic E-state index is 13.6. The lowest BCUT2D eigenvalue weighted by Gasteiger charge is -2.26. The second-order valence-electron chi connectivity index (χ2n) is 7.56. The van der Waals surface area contributed by atoms with E-state index in [2.05, 4.69) is 4.90 Å². The van der Waals surface area contributed by atoms with Crippen molar-refractivity contribution < 1.29 is 4.74 Å². The first-order chi connectivity index (χ1) is 14.3. The highest BCUT2D eigenvalue weighted by Crippen LogP contribution is 2.35. The maximum atomic E-state index is 13.6. The van der Waals surface area contributed by atoms with Crippen molar-refractivity contribution in [2.24, 2.45) is 0 Å². The van der Waals surface area contributed by atoms with Gasteiger partial charge in [0.2, 0.25) is 0 Å². The van der Waals surface area contributed by atoms with Crippen LogP contribution in [0.1, 0.15) is 23.3 Å². The molecular formula is C22H25N3O2S2. The second-order valence-corrected chi connectivity index (χ2v) is 9.71. The first-order valence-corrected chi connectivity index (χ1v) is 12.2. The van der Waals surface area contributed by atoms with Crippen molar-refractivity contribution in [3.05, 3.63) is 51.1 Å². The van der Waals surface area contributed by atoms with Crippen LogP contribution < -0.4 is 5.56 Å². The summed E-state index contributed by atoms with van der Waals surface area (Å²) in [6.07, 6.45) is 4.47. The number of morpholine rings is 1. The fourth-order valence-corrected chi connectivity index (χ4v) is 6.49. The highest BCUT2D eigenvalue weighted by atomic mass is 32.2. The molecule has 152 valence electrons. The normalized spacial score (nSPS) is 17.5. The van der Waals surface area contributed by atoms with Crippen molar-refractivity contribution in [2.45, 2.75) is 30.8 Å². The van der Waals surface area contributed by atoms with Crippen molar-refractivity contribution in [1.82, 2.24) is 14.5 Å². The van der Waals surface area contributed by atoms with E-state index in [-0.39, 0.29) is 5.56 Å². The van der Waals surface area contributed by atoms with E-state index < -0.39 is 0 Å². The number of hydrogen-bond donors (Lipinski definition) is 0. The summed E-state index contributed by atoms with van der Waals surface area (Å²) in [4.78, 5) is 23.3. The Morgan fingerprint density at radius 2 is 1.90 bits per heavy atom. The zero-order valence-corrected chi connectivity index (χ0v) is 18.1.